The van der Waals surface area contributed by atoms with Crippen molar-refractivity contribution in [2.75, 3.05) is 26.2 Å². The molecule has 1 aliphatic rings. The van der Waals surface area contributed by atoms with E-state index >= 15 is 0 Å². The summed E-state index contributed by atoms with van der Waals surface area (Å²) in [4.78, 5) is 17.8. The quantitative estimate of drug-likeness (QED) is 0.695. The molecule has 0 unspecified atom stereocenters. The van der Waals surface area contributed by atoms with Gasteiger partial charge in [-0.15, -0.1) is 0 Å². The van der Waals surface area contributed by atoms with Gasteiger partial charge in [0.15, 0.2) is 0 Å². The van der Waals surface area contributed by atoms with Gasteiger partial charge in [0.05, 0.1) is 18.7 Å². The molecule has 2 heterocycles. The zero-order valence-corrected chi connectivity index (χ0v) is 15.3. The van der Waals surface area contributed by atoms with Crippen LogP contribution in [0.15, 0.2) is 83.5 Å². The van der Waals surface area contributed by atoms with Crippen molar-refractivity contribution in [3.05, 3.63) is 95.9 Å². The number of piperazine rings is 1. The van der Waals surface area contributed by atoms with Crippen molar-refractivity contribution in [1.29, 1.82) is 0 Å². The van der Waals surface area contributed by atoms with Crippen molar-refractivity contribution in [3.63, 3.8) is 0 Å². The van der Waals surface area contributed by atoms with Crippen molar-refractivity contribution in [1.82, 2.24) is 9.80 Å². The largest absolute Gasteiger partial charge is 0.468 e. The van der Waals surface area contributed by atoms with Crippen LogP contribution in [0.3, 0.4) is 0 Å². The van der Waals surface area contributed by atoms with Crippen LogP contribution in [-0.4, -0.2) is 41.9 Å². The number of rotatable bonds is 5. The first-order chi connectivity index (χ1) is 13.3. The molecule has 0 saturated carbocycles. The zero-order valence-electron chi connectivity index (χ0n) is 15.3. The summed E-state index contributed by atoms with van der Waals surface area (Å²) in [7, 11) is 0. The van der Waals surface area contributed by atoms with Crippen LogP contribution in [0.5, 0.6) is 0 Å². The van der Waals surface area contributed by atoms with E-state index in [9.17, 15) is 4.79 Å². The highest BCUT2D eigenvalue weighted by Crippen LogP contribution is 2.27. The summed E-state index contributed by atoms with van der Waals surface area (Å²) in [6.45, 7) is 4.02. The molecule has 1 saturated heterocycles. The van der Waals surface area contributed by atoms with Crippen molar-refractivity contribution < 1.29 is 9.21 Å². The van der Waals surface area contributed by atoms with Gasteiger partial charge in [0.25, 0.3) is 0 Å². The van der Waals surface area contributed by atoms with Crippen molar-refractivity contribution in [3.8, 4) is 0 Å². The third kappa shape index (κ3) is 4.12. The van der Waals surface area contributed by atoms with Gasteiger partial charge in [-0.1, -0.05) is 60.7 Å². The van der Waals surface area contributed by atoms with Crippen LogP contribution in [0.4, 0.5) is 0 Å². The highest BCUT2D eigenvalue weighted by atomic mass is 16.3. The maximum atomic E-state index is 13.4. The minimum absolute atomic E-state index is 0.185. The van der Waals surface area contributed by atoms with Crippen LogP contribution in [0.1, 0.15) is 22.8 Å². The number of hydrogen-bond acceptors (Lipinski definition) is 3. The summed E-state index contributed by atoms with van der Waals surface area (Å²) >= 11 is 0. The standard InChI is InChI=1S/C23H24N2O2/c26-23(25-15-13-24(14-16-25)18-21-12-7-17-27-21)22(19-8-3-1-4-9-19)20-10-5-2-6-11-20/h1-12,17,22H,13-16,18H2. The Labute approximate surface area is 160 Å². The molecule has 0 atom stereocenters. The zero-order chi connectivity index (χ0) is 18.5. The Morgan fingerprint density at radius 1 is 0.815 bits per heavy atom. The Balaban J connectivity index is 1.48. The van der Waals surface area contributed by atoms with Gasteiger partial charge in [0, 0.05) is 26.2 Å². The van der Waals surface area contributed by atoms with Crippen LogP contribution in [0.2, 0.25) is 0 Å². The lowest BCUT2D eigenvalue weighted by atomic mass is 9.90. The molecule has 0 radical (unpaired) electrons. The van der Waals surface area contributed by atoms with Gasteiger partial charge in [-0.25, -0.2) is 0 Å². The molecule has 4 heteroatoms. The van der Waals surface area contributed by atoms with Crippen molar-refractivity contribution >= 4 is 5.91 Å². The van der Waals surface area contributed by atoms with Crippen molar-refractivity contribution in [2.45, 2.75) is 12.5 Å². The molecule has 0 spiro atoms. The van der Waals surface area contributed by atoms with Gasteiger partial charge in [-0.2, -0.15) is 0 Å². The fraction of sp³-hybridized carbons (Fsp3) is 0.261. The lowest BCUT2D eigenvalue weighted by molar-refractivity contribution is -0.133. The van der Waals surface area contributed by atoms with Gasteiger partial charge in [0.2, 0.25) is 5.91 Å². The van der Waals surface area contributed by atoms with E-state index in [2.05, 4.69) is 4.90 Å². The lowest BCUT2D eigenvalue weighted by Crippen LogP contribution is -2.49. The molecule has 4 nitrogen and oxygen atoms in total. The molecule has 2 aromatic carbocycles. The number of carbonyl (C=O) groups excluding carboxylic acids is 1. The molecule has 3 aromatic rings. The summed E-state index contributed by atoms with van der Waals surface area (Å²) in [5, 5.41) is 0. The molecule has 0 bridgehead atoms. The molecule has 0 aliphatic carbocycles. The first kappa shape index (κ1) is 17.6. The van der Waals surface area contributed by atoms with Gasteiger partial charge in [-0.05, 0) is 23.3 Å². The van der Waals surface area contributed by atoms with Gasteiger partial charge in [0.1, 0.15) is 5.76 Å². The van der Waals surface area contributed by atoms with Gasteiger partial charge < -0.3 is 9.32 Å². The predicted octanol–water partition coefficient (Wildman–Crippen LogP) is 3.76. The highest BCUT2D eigenvalue weighted by Gasteiger charge is 2.29. The van der Waals surface area contributed by atoms with Gasteiger partial charge >= 0.3 is 0 Å². The Morgan fingerprint density at radius 3 is 1.93 bits per heavy atom. The van der Waals surface area contributed by atoms with Crippen LogP contribution in [-0.2, 0) is 11.3 Å². The molecule has 1 aromatic heterocycles. The highest BCUT2D eigenvalue weighted by molar-refractivity contribution is 5.87. The Hall–Kier alpha value is -2.85. The molecule has 0 N–H and O–H groups in total. The van der Waals surface area contributed by atoms with Crippen LogP contribution in [0.25, 0.3) is 0 Å². The summed E-state index contributed by atoms with van der Waals surface area (Å²) in [5.41, 5.74) is 2.10. The first-order valence-electron chi connectivity index (χ1n) is 9.44. The number of carbonyl (C=O) groups is 1. The predicted molar refractivity (Wildman–Crippen MR) is 105 cm³/mol. The fourth-order valence-corrected chi connectivity index (χ4v) is 3.70. The van der Waals surface area contributed by atoms with Crippen molar-refractivity contribution in [2.24, 2.45) is 0 Å². The average molecular weight is 360 g/mol. The average Bonchev–Trinajstić information content (AvgIpc) is 3.23. The minimum atomic E-state index is -0.246. The second-order valence-corrected chi connectivity index (χ2v) is 6.94. The van der Waals surface area contributed by atoms with E-state index in [1.165, 1.54) is 0 Å². The first-order valence-corrected chi connectivity index (χ1v) is 9.44. The molecule has 1 amide bonds. The maximum Gasteiger partial charge on any atom is 0.234 e. The van der Waals surface area contributed by atoms with E-state index in [-0.39, 0.29) is 11.8 Å². The van der Waals surface area contributed by atoms with Crippen LogP contribution < -0.4 is 0 Å². The number of amides is 1. The smallest absolute Gasteiger partial charge is 0.234 e. The summed E-state index contributed by atoms with van der Waals surface area (Å²) in [6, 6.07) is 24.1. The maximum absolute atomic E-state index is 13.4. The summed E-state index contributed by atoms with van der Waals surface area (Å²) in [5.74, 6) is 0.912. The van der Waals surface area contributed by atoms with E-state index in [0.717, 1.165) is 49.6 Å². The number of furan rings is 1. The van der Waals surface area contributed by atoms with Gasteiger partial charge in [-0.3, -0.25) is 9.69 Å². The second-order valence-electron chi connectivity index (χ2n) is 6.94. The molecular formula is C23H24N2O2. The second kappa shape index (κ2) is 8.23. The minimum Gasteiger partial charge on any atom is -0.468 e. The third-order valence-corrected chi connectivity index (χ3v) is 5.16. The van der Waals surface area contributed by atoms with E-state index in [1.807, 2.05) is 77.7 Å². The number of benzene rings is 2. The molecule has 1 aliphatic heterocycles. The molecule has 1 fully saturated rings. The third-order valence-electron chi connectivity index (χ3n) is 5.16. The normalized spacial score (nSPS) is 15.2. The topological polar surface area (TPSA) is 36.7 Å². The molecular weight excluding hydrogens is 336 g/mol. The van der Waals surface area contributed by atoms with E-state index in [0.29, 0.717) is 0 Å². The van der Waals surface area contributed by atoms with Crippen LogP contribution in [0, 0.1) is 0 Å². The van der Waals surface area contributed by atoms with E-state index in [1.54, 1.807) is 6.26 Å². The Kier molecular flexibility index (Phi) is 5.35. The van der Waals surface area contributed by atoms with E-state index < -0.39 is 0 Å². The fourth-order valence-electron chi connectivity index (χ4n) is 3.70. The SMILES string of the molecule is O=C(C(c1ccccc1)c1ccccc1)N1CCN(Cc2ccco2)CC1. The summed E-state index contributed by atoms with van der Waals surface area (Å²) < 4.78 is 5.44. The molecule has 27 heavy (non-hydrogen) atoms. The monoisotopic (exact) mass is 360 g/mol. The number of nitrogens with zero attached hydrogens (tertiary/aromatic N) is 2. The molecule has 4 rings (SSSR count). The summed E-state index contributed by atoms with van der Waals surface area (Å²) in [6.07, 6.45) is 1.71. The van der Waals surface area contributed by atoms with Crippen LogP contribution >= 0.6 is 0 Å². The van der Waals surface area contributed by atoms with E-state index in [4.69, 9.17) is 4.42 Å². The Bertz CT molecular complexity index is 799. The Morgan fingerprint density at radius 2 is 1.41 bits per heavy atom. The molecule has 138 valence electrons. The number of hydrogen-bond donors (Lipinski definition) is 0. The lowest BCUT2D eigenvalue weighted by Gasteiger charge is -2.36.